The van der Waals surface area contributed by atoms with Gasteiger partial charge in [0.05, 0.1) is 11.0 Å². The fourth-order valence-electron chi connectivity index (χ4n) is 5.87. The van der Waals surface area contributed by atoms with Crippen LogP contribution in [0.5, 0.6) is 11.5 Å². The number of benzene rings is 6. The van der Waals surface area contributed by atoms with Crippen molar-refractivity contribution in [2.24, 2.45) is 0 Å². The van der Waals surface area contributed by atoms with Gasteiger partial charge in [0.25, 0.3) is 0 Å². The largest absolute Gasteiger partial charge is 0.456 e. The van der Waals surface area contributed by atoms with Crippen molar-refractivity contribution >= 4 is 21.8 Å². The van der Waals surface area contributed by atoms with E-state index in [9.17, 15) is 0 Å². The SMILES string of the molecule is c1ccc(-c2ccc3c(c2)c2ccccc2n3-c2ccc3c(c2)-c2ccccc2-c2ccccc2O3)cc1. The van der Waals surface area contributed by atoms with Gasteiger partial charge in [0.15, 0.2) is 0 Å². The minimum Gasteiger partial charge on any atom is -0.456 e. The highest BCUT2D eigenvalue weighted by Gasteiger charge is 2.21. The Balaban J connectivity index is 1.38. The molecule has 8 rings (SSSR count). The molecule has 2 nitrogen and oxygen atoms in total. The second-order valence-corrected chi connectivity index (χ2v) is 9.77. The van der Waals surface area contributed by atoms with Crippen molar-refractivity contribution in [3.63, 3.8) is 0 Å². The molecule has 0 saturated carbocycles. The number of para-hydroxylation sites is 2. The zero-order valence-corrected chi connectivity index (χ0v) is 20.6. The van der Waals surface area contributed by atoms with E-state index in [-0.39, 0.29) is 0 Å². The highest BCUT2D eigenvalue weighted by atomic mass is 16.5. The average Bonchev–Trinajstić information content (AvgIpc) is 3.24. The third-order valence-corrected chi connectivity index (χ3v) is 7.62. The summed E-state index contributed by atoms with van der Waals surface area (Å²) in [4.78, 5) is 0. The molecule has 38 heavy (non-hydrogen) atoms. The maximum Gasteiger partial charge on any atom is 0.135 e. The molecule has 0 bridgehead atoms. The Kier molecular flexibility index (Phi) is 4.55. The van der Waals surface area contributed by atoms with Gasteiger partial charge in [-0.15, -0.1) is 0 Å². The Morgan fingerprint density at radius 3 is 1.92 bits per heavy atom. The van der Waals surface area contributed by atoms with Gasteiger partial charge in [0.2, 0.25) is 0 Å². The zero-order valence-electron chi connectivity index (χ0n) is 20.6. The standard InChI is InChI=1S/C36H23NO/c1-2-10-24(11-3-1)25-18-20-34-31(22-25)29-14-6-8-16-33(29)37(34)26-19-21-36-32(23-26)28-13-5-4-12-27(28)30-15-7-9-17-35(30)38-36/h1-23H. The van der Waals surface area contributed by atoms with E-state index in [1.54, 1.807) is 0 Å². The van der Waals surface area contributed by atoms with Gasteiger partial charge < -0.3 is 9.30 Å². The molecule has 1 aliphatic heterocycles. The van der Waals surface area contributed by atoms with Crippen LogP contribution >= 0.6 is 0 Å². The second-order valence-electron chi connectivity index (χ2n) is 9.77. The summed E-state index contributed by atoms with van der Waals surface area (Å²) in [6.45, 7) is 0. The fourth-order valence-corrected chi connectivity index (χ4v) is 5.87. The minimum atomic E-state index is 0.873. The van der Waals surface area contributed by atoms with Crippen LogP contribution in [0, 0.1) is 0 Å². The molecule has 1 aliphatic rings. The lowest BCUT2D eigenvalue weighted by molar-refractivity contribution is 0.487. The molecule has 2 heteroatoms. The molecule has 0 saturated heterocycles. The summed E-state index contributed by atoms with van der Waals surface area (Å²) in [5.74, 6) is 1.76. The summed E-state index contributed by atoms with van der Waals surface area (Å²) >= 11 is 0. The monoisotopic (exact) mass is 485 g/mol. The van der Waals surface area contributed by atoms with Gasteiger partial charge in [-0.3, -0.25) is 0 Å². The number of nitrogens with zero attached hydrogens (tertiary/aromatic N) is 1. The molecule has 2 heterocycles. The van der Waals surface area contributed by atoms with Crippen LogP contribution in [0.25, 0.3) is 60.9 Å². The Labute approximate surface area is 221 Å². The van der Waals surface area contributed by atoms with Crippen LogP contribution in [-0.4, -0.2) is 4.57 Å². The van der Waals surface area contributed by atoms with Crippen LogP contribution in [0.1, 0.15) is 0 Å². The van der Waals surface area contributed by atoms with Crippen molar-refractivity contribution in [3.8, 4) is 50.6 Å². The summed E-state index contributed by atoms with van der Waals surface area (Å²) in [6, 6.07) is 49.5. The lowest BCUT2D eigenvalue weighted by Gasteiger charge is -2.14. The van der Waals surface area contributed by atoms with Crippen molar-refractivity contribution in [2.45, 2.75) is 0 Å². The average molecular weight is 486 g/mol. The maximum atomic E-state index is 6.49. The van der Waals surface area contributed by atoms with Gasteiger partial charge in [-0.05, 0) is 64.7 Å². The van der Waals surface area contributed by atoms with Gasteiger partial charge in [-0.2, -0.15) is 0 Å². The smallest absolute Gasteiger partial charge is 0.135 e. The number of hydrogen-bond donors (Lipinski definition) is 0. The highest BCUT2D eigenvalue weighted by Crippen LogP contribution is 2.47. The molecule has 0 spiro atoms. The maximum absolute atomic E-state index is 6.49. The first-order chi connectivity index (χ1) is 18.8. The second kappa shape index (κ2) is 8.22. The van der Waals surface area contributed by atoms with Crippen molar-refractivity contribution in [2.75, 3.05) is 0 Å². The normalized spacial score (nSPS) is 11.9. The lowest BCUT2D eigenvalue weighted by atomic mass is 9.94. The van der Waals surface area contributed by atoms with E-state index in [1.807, 2.05) is 12.1 Å². The molecule has 0 atom stereocenters. The van der Waals surface area contributed by atoms with E-state index >= 15 is 0 Å². The summed E-state index contributed by atoms with van der Waals surface area (Å²) in [5.41, 5.74) is 10.5. The number of hydrogen-bond acceptors (Lipinski definition) is 1. The van der Waals surface area contributed by atoms with Crippen molar-refractivity contribution in [1.29, 1.82) is 0 Å². The van der Waals surface area contributed by atoms with Crippen LogP contribution in [-0.2, 0) is 0 Å². The topological polar surface area (TPSA) is 14.2 Å². The molecule has 178 valence electrons. The molecule has 0 fully saturated rings. The molecule has 6 aromatic carbocycles. The Morgan fingerprint density at radius 2 is 1.05 bits per heavy atom. The van der Waals surface area contributed by atoms with Gasteiger partial charge >= 0.3 is 0 Å². The van der Waals surface area contributed by atoms with E-state index in [4.69, 9.17) is 4.74 Å². The van der Waals surface area contributed by atoms with E-state index in [2.05, 4.69) is 132 Å². The predicted molar refractivity (Wildman–Crippen MR) is 157 cm³/mol. The van der Waals surface area contributed by atoms with Crippen LogP contribution in [0.15, 0.2) is 140 Å². The molecule has 0 unspecified atom stereocenters. The summed E-state index contributed by atoms with van der Waals surface area (Å²) in [6.07, 6.45) is 0. The van der Waals surface area contributed by atoms with Gasteiger partial charge in [0.1, 0.15) is 11.5 Å². The fraction of sp³-hybridized carbons (Fsp3) is 0. The van der Waals surface area contributed by atoms with E-state index in [0.717, 1.165) is 28.3 Å². The third kappa shape index (κ3) is 3.14. The quantitative estimate of drug-likeness (QED) is 0.238. The molecular weight excluding hydrogens is 462 g/mol. The summed E-state index contributed by atoms with van der Waals surface area (Å²) < 4.78 is 8.86. The Bertz CT molecular complexity index is 2000. The van der Waals surface area contributed by atoms with Gasteiger partial charge in [0, 0.05) is 27.6 Å². The van der Waals surface area contributed by atoms with Crippen molar-refractivity contribution < 1.29 is 4.74 Å². The van der Waals surface area contributed by atoms with Gasteiger partial charge in [-0.25, -0.2) is 0 Å². The first-order valence-corrected chi connectivity index (χ1v) is 12.9. The molecule has 0 N–H and O–H groups in total. The lowest BCUT2D eigenvalue weighted by Crippen LogP contribution is -1.95. The number of aromatic nitrogens is 1. The highest BCUT2D eigenvalue weighted by molar-refractivity contribution is 6.10. The zero-order chi connectivity index (χ0) is 25.1. The van der Waals surface area contributed by atoms with Crippen LogP contribution in [0.3, 0.4) is 0 Å². The van der Waals surface area contributed by atoms with Crippen molar-refractivity contribution in [1.82, 2.24) is 4.57 Å². The first kappa shape index (κ1) is 21.0. The van der Waals surface area contributed by atoms with E-state index in [0.29, 0.717) is 0 Å². The molecule has 0 amide bonds. The molecule has 7 aromatic rings. The predicted octanol–water partition coefficient (Wildman–Crippen LogP) is 9.89. The van der Waals surface area contributed by atoms with Gasteiger partial charge in [-0.1, -0.05) is 97.1 Å². The Hall–Kier alpha value is -5.08. The van der Waals surface area contributed by atoms with E-state index < -0.39 is 0 Å². The molecule has 1 aromatic heterocycles. The van der Waals surface area contributed by atoms with Crippen LogP contribution < -0.4 is 4.74 Å². The molecular formula is C36H23NO. The van der Waals surface area contributed by atoms with Crippen LogP contribution in [0.2, 0.25) is 0 Å². The van der Waals surface area contributed by atoms with Crippen LogP contribution in [0.4, 0.5) is 0 Å². The van der Waals surface area contributed by atoms with E-state index in [1.165, 1.54) is 44.1 Å². The minimum absolute atomic E-state index is 0.873. The number of ether oxygens (including phenoxy) is 1. The summed E-state index contributed by atoms with van der Waals surface area (Å²) in [5, 5.41) is 2.50. The van der Waals surface area contributed by atoms with Crippen molar-refractivity contribution in [3.05, 3.63) is 140 Å². The first-order valence-electron chi connectivity index (χ1n) is 12.9. The Morgan fingerprint density at radius 1 is 0.395 bits per heavy atom. The summed E-state index contributed by atoms with van der Waals surface area (Å²) in [7, 11) is 0. The molecule has 0 aliphatic carbocycles. The third-order valence-electron chi connectivity index (χ3n) is 7.62. The number of fused-ring (bicyclic) bond motifs is 8. The molecule has 0 radical (unpaired) electrons. The number of rotatable bonds is 2.